The number of nitrogens with zero attached hydrogens (tertiary/aromatic N) is 5. The van der Waals surface area contributed by atoms with Crippen LogP contribution < -0.4 is 19.7 Å². The molecule has 7 aromatic rings. The van der Waals surface area contributed by atoms with E-state index in [1.807, 2.05) is 73.8 Å². The smallest absolute Gasteiger partial charge is 0.180 e. The van der Waals surface area contributed by atoms with Crippen LogP contribution in [0.2, 0.25) is 0 Å². The van der Waals surface area contributed by atoms with Gasteiger partial charge in [0.05, 0.1) is 43.7 Å². The average molecular weight is 688 g/mol. The van der Waals surface area contributed by atoms with Crippen LogP contribution in [0.15, 0.2) is 133 Å². The molecule has 0 radical (unpaired) electrons. The van der Waals surface area contributed by atoms with Crippen LogP contribution in [0.4, 0.5) is 23.1 Å². The Bertz CT molecular complexity index is 2190. The molecule has 0 unspecified atom stereocenters. The predicted octanol–water partition coefficient (Wildman–Crippen LogP) is 9.36. The van der Waals surface area contributed by atoms with Crippen LogP contribution in [0, 0.1) is 6.92 Å². The molecule has 0 fully saturated rings. The summed E-state index contributed by atoms with van der Waals surface area (Å²) < 4.78 is 10.8. The van der Waals surface area contributed by atoms with Crippen molar-refractivity contribution in [1.82, 2.24) is 19.9 Å². The van der Waals surface area contributed by atoms with Crippen LogP contribution in [0.3, 0.4) is 0 Å². The van der Waals surface area contributed by atoms with Gasteiger partial charge < -0.3 is 24.7 Å². The number of hydrogen-bond acceptors (Lipinski definition) is 8. The van der Waals surface area contributed by atoms with Crippen molar-refractivity contribution < 1.29 is 9.47 Å². The monoisotopic (exact) mass is 687 g/mol. The van der Waals surface area contributed by atoms with Crippen LogP contribution in [0.25, 0.3) is 11.0 Å². The van der Waals surface area contributed by atoms with Gasteiger partial charge in [-0.3, -0.25) is 0 Å². The molecule has 0 aliphatic heterocycles. The number of aromatic nitrogens is 4. The number of fused-ring (bicyclic) bond motifs is 1. The molecule has 2 N–H and O–H groups in total. The molecule has 52 heavy (non-hydrogen) atoms. The van der Waals surface area contributed by atoms with Gasteiger partial charge in [-0.2, -0.15) is 0 Å². The number of aliphatic imine (C=N–C) groups is 1. The van der Waals surface area contributed by atoms with Crippen molar-refractivity contribution in [2.45, 2.75) is 33.4 Å². The zero-order valence-electron chi connectivity index (χ0n) is 29.8. The van der Waals surface area contributed by atoms with Crippen LogP contribution in [-0.4, -0.2) is 39.9 Å². The van der Waals surface area contributed by atoms with Crippen LogP contribution >= 0.6 is 0 Å². The van der Waals surface area contributed by atoms with Gasteiger partial charge in [0, 0.05) is 29.8 Å². The summed E-state index contributed by atoms with van der Waals surface area (Å²) in [5.41, 5.74) is 9.64. The molecule has 3 aromatic heterocycles. The number of aromatic amines is 1. The molecule has 0 spiro atoms. The first-order valence-electron chi connectivity index (χ1n) is 17.3. The van der Waals surface area contributed by atoms with Crippen molar-refractivity contribution in [2.24, 2.45) is 4.99 Å². The van der Waals surface area contributed by atoms with E-state index in [4.69, 9.17) is 24.4 Å². The van der Waals surface area contributed by atoms with Gasteiger partial charge in [-0.05, 0) is 60.4 Å². The number of nitrogens with one attached hydrogen (secondary N) is 2. The number of aryl methyl sites for hydroxylation is 2. The fourth-order valence-corrected chi connectivity index (χ4v) is 6.21. The van der Waals surface area contributed by atoms with E-state index in [0.717, 1.165) is 79.6 Å². The van der Waals surface area contributed by atoms with Gasteiger partial charge in [0.15, 0.2) is 5.82 Å². The first kappa shape index (κ1) is 34.0. The van der Waals surface area contributed by atoms with Gasteiger partial charge in [-0.1, -0.05) is 91.9 Å². The molecule has 0 aliphatic carbocycles. The summed E-state index contributed by atoms with van der Waals surface area (Å²) in [5, 5.41) is 3.61. The maximum Gasteiger partial charge on any atom is 0.180 e. The standard InChI is InChI=1S/C43H41N7O2/c1-5-32-24-38(50(26-30-16-20-35(51-3)21-17-30)27-31-18-22-36(52-4)23-19-31)44-25-37(32)47-42-29(2)39-41(46-28-45-39)43(49-42)48-40(33-12-8-6-9-13-33)34-14-10-7-11-15-34/h6-25,28H,5,26-27H2,1-4H3,(H,45,46)(H,47,49). The Kier molecular flexibility index (Phi) is 10.2. The Morgan fingerprint density at radius 2 is 1.35 bits per heavy atom. The highest BCUT2D eigenvalue weighted by Gasteiger charge is 2.18. The van der Waals surface area contributed by atoms with Gasteiger partial charge in [-0.25, -0.2) is 19.9 Å². The Morgan fingerprint density at radius 1 is 0.769 bits per heavy atom. The van der Waals surface area contributed by atoms with Gasteiger partial charge in [0.25, 0.3) is 0 Å². The summed E-state index contributed by atoms with van der Waals surface area (Å²) >= 11 is 0. The molecular weight excluding hydrogens is 647 g/mol. The van der Waals surface area contributed by atoms with E-state index in [-0.39, 0.29) is 0 Å². The first-order valence-corrected chi connectivity index (χ1v) is 17.3. The predicted molar refractivity (Wildman–Crippen MR) is 210 cm³/mol. The van der Waals surface area contributed by atoms with Crippen LogP contribution in [0.5, 0.6) is 11.5 Å². The molecule has 0 saturated heterocycles. The third-order valence-corrected chi connectivity index (χ3v) is 9.10. The van der Waals surface area contributed by atoms with Crippen molar-refractivity contribution in [3.63, 3.8) is 0 Å². The highest BCUT2D eigenvalue weighted by atomic mass is 16.5. The van der Waals surface area contributed by atoms with Crippen LogP contribution in [0.1, 0.15) is 40.3 Å². The lowest BCUT2D eigenvalue weighted by Crippen LogP contribution is -2.23. The summed E-state index contributed by atoms with van der Waals surface area (Å²) in [6.45, 7) is 5.52. The van der Waals surface area contributed by atoms with Gasteiger partial charge in [0.2, 0.25) is 0 Å². The maximum atomic E-state index is 5.40. The maximum absolute atomic E-state index is 5.40. The normalized spacial score (nSPS) is 10.9. The highest BCUT2D eigenvalue weighted by Crippen LogP contribution is 2.33. The minimum atomic E-state index is 0.552. The quantitative estimate of drug-likeness (QED) is 0.117. The molecule has 9 nitrogen and oxygen atoms in total. The van der Waals surface area contributed by atoms with Gasteiger partial charge in [-0.15, -0.1) is 0 Å². The number of H-pyrrole nitrogens is 1. The van der Waals surface area contributed by atoms with E-state index < -0.39 is 0 Å². The Morgan fingerprint density at radius 3 is 1.88 bits per heavy atom. The number of rotatable bonds is 13. The molecular formula is C43H41N7O2. The Balaban J connectivity index is 1.25. The number of anilines is 3. The van der Waals surface area contributed by atoms with Crippen molar-refractivity contribution in [2.75, 3.05) is 24.4 Å². The third kappa shape index (κ3) is 7.49. The zero-order valence-corrected chi connectivity index (χ0v) is 29.8. The van der Waals surface area contributed by atoms with Crippen molar-refractivity contribution in [1.29, 1.82) is 0 Å². The van der Waals surface area contributed by atoms with E-state index in [1.165, 1.54) is 0 Å². The molecule has 0 bridgehead atoms. The summed E-state index contributed by atoms with van der Waals surface area (Å²) in [6.07, 6.45) is 4.39. The lowest BCUT2D eigenvalue weighted by molar-refractivity contribution is 0.414. The van der Waals surface area contributed by atoms with Crippen molar-refractivity contribution in [3.05, 3.63) is 161 Å². The summed E-state index contributed by atoms with van der Waals surface area (Å²) in [7, 11) is 3.36. The fourth-order valence-electron chi connectivity index (χ4n) is 6.21. The second-order valence-corrected chi connectivity index (χ2v) is 12.5. The number of ether oxygens (including phenoxy) is 2. The van der Waals surface area contributed by atoms with E-state index in [1.54, 1.807) is 20.5 Å². The SMILES string of the molecule is CCc1cc(N(Cc2ccc(OC)cc2)Cc2ccc(OC)cc2)ncc1Nc1nc(N=C(c2ccccc2)c2ccccc2)c2[nH]cnc2c1C. The van der Waals surface area contributed by atoms with E-state index in [2.05, 4.69) is 81.7 Å². The topological polar surface area (TPSA) is 101 Å². The summed E-state index contributed by atoms with van der Waals surface area (Å²) in [5.74, 6) is 3.76. The number of pyridine rings is 2. The molecule has 0 amide bonds. The van der Waals surface area contributed by atoms with E-state index in [9.17, 15) is 0 Å². The average Bonchev–Trinajstić information content (AvgIpc) is 3.71. The number of methoxy groups -OCH3 is 2. The molecule has 7 rings (SSSR count). The van der Waals surface area contributed by atoms with Gasteiger partial charge >= 0.3 is 0 Å². The minimum absolute atomic E-state index is 0.552. The number of hydrogen-bond donors (Lipinski definition) is 2. The minimum Gasteiger partial charge on any atom is -0.497 e. The third-order valence-electron chi connectivity index (χ3n) is 9.10. The molecule has 9 heteroatoms. The zero-order chi connectivity index (χ0) is 35.9. The lowest BCUT2D eigenvalue weighted by Gasteiger charge is -2.25. The fraction of sp³-hybridized carbons (Fsp3) is 0.163. The Hall–Kier alpha value is -6.48. The van der Waals surface area contributed by atoms with Gasteiger partial charge in [0.1, 0.15) is 28.7 Å². The number of imidazole rings is 1. The first-order chi connectivity index (χ1) is 25.5. The van der Waals surface area contributed by atoms with Crippen molar-refractivity contribution >= 4 is 39.9 Å². The summed E-state index contributed by atoms with van der Waals surface area (Å²) in [6, 6.07) is 38.9. The lowest BCUT2D eigenvalue weighted by atomic mass is 10.0. The molecule has 260 valence electrons. The molecule has 3 heterocycles. The van der Waals surface area contributed by atoms with E-state index >= 15 is 0 Å². The van der Waals surface area contributed by atoms with E-state index in [0.29, 0.717) is 24.7 Å². The molecule has 0 atom stereocenters. The second kappa shape index (κ2) is 15.6. The highest BCUT2D eigenvalue weighted by molar-refractivity contribution is 6.14. The van der Waals surface area contributed by atoms with Crippen molar-refractivity contribution in [3.8, 4) is 11.5 Å². The largest absolute Gasteiger partial charge is 0.497 e. The second-order valence-electron chi connectivity index (χ2n) is 12.5. The Labute approximate surface area is 304 Å². The molecule has 4 aromatic carbocycles. The molecule has 0 aliphatic rings. The molecule has 0 saturated carbocycles. The number of benzene rings is 4. The van der Waals surface area contributed by atoms with Crippen LogP contribution in [-0.2, 0) is 19.5 Å². The summed E-state index contributed by atoms with van der Waals surface area (Å²) in [4.78, 5) is 25.5.